The third-order valence-electron chi connectivity index (χ3n) is 5.62. The highest BCUT2D eigenvalue weighted by atomic mass is 16.5. The summed E-state index contributed by atoms with van der Waals surface area (Å²) in [7, 11) is 3.77. The van der Waals surface area contributed by atoms with Gasteiger partial charge in [-0.2, -0.15) is 5.10 Å². The van der Waals surface area contributed by atoms with E-state index in [1.165, 1.54) is 19.4 Å². The van der Waals surface area contributed by atoms with E-state index >= 15 is 0 Å². The van der Waals surface area contributed by atoms with Crippen molar-refractivity contribution in [2.24, 2.45) is 12.0 Å². The van der Waals surface area contributed by atoms with Crippen LogP contribution in [0.1, 0.15) is 24.5 Å². The topological polar surface area (TPSA) is 67.2 Å². The van der Waals surface area contributed by atoms with Crippen LogP contribution in [0.3, 0.4) is 0 Å². The fourth-order valence-corrected chi connectivity index (χ4v) is 4.20. The molecule has 4 heterocycles. The molecule has 3 fully saturated rings. The number of hydrogen-bond acceptors (Lipinski definition) is 5. The monoisotopic (exact) mass is 362 g/mol. The zero-order valence-electron chi connectivity index (χ0n) is 15.8. The number of ether oxygens (including phenoxy) is 2. The van der Waals surface area contributed by atoms with E-state index in [0.29, 0.717) is 12.6 Å². The summed E-state index contributed by atoms with van der Waals surface area (Å²) in [5.74, 6) is 0.925. The Kier molecular flexibility index (Phi) is 5.42. The highest BCUT2D eigenvalue weighted by molar-refractivity contribution is 5.80. The van der Waals surface area contributed by atoms with Gasteiger partial charge in [0.1, 0.15) is 6.10 Å². The molecule has 0 saturated carbocycles. The van der Waals surface area contributed by atoms with Crippen LogP contribution in [0, 0.1) is 0 Å². The number of guanidine groups is 1. The molecule has 0 bridgehead atoms. The number of hydrogen-bond donors (Lipinski definition) is 1. The minimum Gasteiger partial charge on any atom is -0.373 e. The molecule has 0 radical (unpaired) electrons. The lowest BCUT2D eigenvalue weighted by atomic mass is 10.1. The second-order valence-electron chi connectivity index (χ2n) is 7.43. The first kappa shape index (κ1) is 17.8. The molecule has 0 aliphatic carbocycles. The fraction of sp³-hybridized carbons (Fsp3) is 0.778. The maximum atomic E-state index is 6.05. The van der Waals surface area contributed by atoms with E-state index < -0.39 is 0 Å². The largest absolute Gasteiger partial charge is 0.373 e. The van der Waals surface area contributed by atoms with Crippen LogP contribution in [-0.4, -0.2) is 90.7 Å². The van der Waals surface area contributed by atoms with Crippen molar-refractivity contribution in [3.8, 4) is 0 Å². The summed E-state index contributed by atoms with van der Waals surface area (Å²) in [6.45, 7) is 6.22. The van der Waals surface area contributed by atoms with Crippen molar-refractivity contribution in [2.45, 2.75) is 31.1 Å². The number of nitrogens with one attached hydrogen (secondary N) is 1. The summed E-state index contributed by atoms with van der Waals surface area (Å²) in [5, 5.41) is 7.77. The van der Waals surface area contributed by atoms with E-state index in [1.807, 2.05) is 31.2 Å². The van der Waals surface area contributed by atoms with Gasteiger partial charge in [0.15, 0.2) is 5.96 Å². The number of aromatic nitrogens is 2. The molecule has 3 aliphatic heterocycles. The molecule has 0 amide bonds. The summed E-state index contributed by atoms with van der Waals surface area (Å²) in [5.41, 5.74) is 1.11. The summed E-state index contributed by atoms with van der Waals surface area (Å²) in [6.07, 6.45) is 6.76. The van der Waals surface area contributed by atoms with E-state index in [1.54, 1.807) is 0 Å². The van der Waals surface area contributed by atoms with Crippen LogP contribution in [0.2, 0.25) is 0 Å². The average molecular weight is 362 g/mol. The molecule has 3 aliphatic rings. The second kappa shape index (κ2) is 7.94. The van der Waals surface area contributed by atoms with E-state index in [9.17, 15) is 0 Å². The summed E-state index contributed by atoms with van der Waals surface area (Å²) in [4.78, 5) is 9.32. The van der Waals surface area contributed by atoms with E-state index in [0.717, 1.165) is 44.3 Å². The molecule has 4 rings (SSSR count). The normalized spacial score (nSPS) is 30.5. The first-order valence-corrected chi connectivity index (χ1v) is 9.64. The molecule has 3 atom stereocenters. The predicted octanol–water partition coefficient (Wildman–Crippen LogP) is 0.232. The highest BCUT2D eigenvalue weighted by Gasteiger charge is 2.32. The number of rotatable bonds is 3. The minimum absolute atomic E-state index is 0.0345. The maximum Gasteiger partial charge on any atom is 0.193 e. The molecular formula is C18H30N6O2. The van der Waals surface area contributed by atoms with Crippen LogP contribution in [0.25, 0.3) is 0 Å². The Bertz CT molecular complexity index is 633. The van der Waals surface area contributed by atoms with Gasteiger partial charge in [-0.25, -0.2) is 0 Å². The third kappa shape index (κ3) is 3.87. The van der Waals surface area contributed by atoms with Gasteiger partial charge in [0.05, 0.1) is 32.1 Å². The quantitative estimate of drug-likeness (QED) is 0.613. The molecule has 144 valence electrons. The van der Waals surface area contributed by atoms with Gasteiger partial charge < -0.3 is 19.7 Å². The fourth-order valence-electron chi connectivity index (χ4n) is 4.20. The Hall–Kier alpha value is -1.64. The van der Waals surface area contributed by atoms with Crippen LogP contribution >= 0.6 is 0 Å². The molecule has 1 N–H and O–H groups in total. The van der Waals surface area contributed by atoms with Gasteiger partial charge in [0.2, 0.25) is 0 Å². The van der Waals surface area contributed by atoms with Crippen molar-refractivity contribution >= 4 is 5.96 Å². The van der Waals surface area contributed by atoms with Crippen LogP contribution in [0.5, 0.6) is 0 Å². The third-order valence-corrected chi connectivity index (χ3v) is 5.62. The summed E-state index contributed by atoms with van der Waals surface area (Å²) < 4.78 is 13.8. The molecule has 1 aromatic rings. The maximum absolute atomic E-state index is 6.05. The van der Waals surface area contributed by atoms with E-state index in [-0.39, 0.29) is 12.2 Å². The molecular weight excluding hydrogens is 332 g/mol. The number of aliphatic imine (C=N–C) groups is 1. The lowest BCUT2D eigenvalue weighted by Gasteiger charge is -2.37. The Morgan fingerprint density at radius 3 is 3.08 bits per heavy atom. The number of aryl methyl sites for hydroxylation is 1. The van der Waals surface area contributed by atoms with Gasteiger partial charge >= 0.3 is 0 Å². The zero-order chi connectivity index (χ0) is 17.9. The van der Waals surface area contributed by atoms with Crippen LogP contribution < -0.4 is 5.32 Å². The molecule has 0 aromatic carbocycles. The lowest BCUT2D eigenvalue weighted by molar-refractivity contribution is -0.0460. The standard InChI is InChI=1S/C18H30N6O2/c1-19-18(20-9-16-11-23-5-3-4-15(23)13-26-16)24-6-7-25-17(12-24)14-8-21-22(2)10-14/h8,10,15-17H,3-7,9,11-13H2,1-2H3,(H,19,20). The van der Waals surface area contributed by atoms with Gasteiger partial charge in [-0.05, 0) is 19.4 Å². The second-order valence-corrected chi connectivity index (χ2v) is 7.43. The van der Waals surface area contributed by atoms with Crippen molar-refractivity contribution < 1.29 is 9.47 Å². The van der Waals surface area contributed by atoms with Crippen LogP contribution in [0.15, 0.2) is 17.4 Å². The summed E-state index contributed by atoms with van der Waals surface area (Å²) in [6, 6.07) is 0.644. The molecule has 1 aromatic heterocycles. The molecule has 8 heteroatoms. The molecule has 8 nitrogen and oxygen atoms in total. The molecule has 3 unspecified atom stereocenters. The first-order valence-electron chi connectivity index (χ1n) is 9.64. The van der Waals surface area contributed by atoms with Crippen molar-refractivity contribution in [3.63, 3.8) is 0 Å². The molecule has 0 spiro atoms. The van der Waals surface area contributed by atoms with Gasteiger partial charge in [-0.3, -0.25) is 14.6 Å². The van der Waals surface area contributed by atoms with Crippen molar-refractivity contribution in [1.82, 2.24) is 24.9 Å². The Morgan fingerprint density at radius 2 is 2.27 bits per heavy atom. The van der Waals surface area contributed by atoms with Gasteiger partial charge in [0, 0.05) is 51.5 Å². The van der Waals surface area contributed by atoms with Gasteiger partial charge in [-0.15, -0.1) is 0 Å². The Labute approximate surface area is 155 Å². The van der Waals surface area contributed by atoms with Gasteiger partial charge in [-0.1, -0.05) is 0 Å². The highest BCUT2D eigenvalue weighted by Crippen LogP contribution is 2.23. The number of fused-ring (bicyclic) bond motifs is 1. The van der Waals surface area contributed by atoms with Crippen LogP contribution in [0.4, 0.5) is 0 Å². The average Bonchev–Trinajstić information content (AvgIpc) is 3.31. The molecule has 3 saturated heterocycles. The SMILES string of the molecule is CN=C(NCC1CN2CCCC2CO1)N1CCOC(c2cnn(C)c2)C1. The van der Waals surface area contributed by atoms with Crippen molar-refractivity contribution in [3.05, 3.63) is 18.0 Å². The molecule has 26 heavy (non-hydrogen) atoms. The van der Waals surface area contributed by atoms with E-state index in [2.05, 4.69) is 25.2 Å². The Balaban J connectivity index is 1.30. The number of nitrogens with zero attached hydrogens (tertiary/aromatic N) is 5. The number of morpholine rings is 2. The zero-order valence-corrected chi connectivity index (χ0v) is 15.8. The van der Waals surface area contributed by atoms with Crippen molar-refractivity contribution in [1.29, 1.82) is 0 Å². The Morgan fingerprint density at radius 1 is 1.35 bits per heavy atom. The summed E-state index contributed by atoms with van der Waals surface area (Å²) >= 11 is 0. The van der Waals surface area contributed by atoms with Gasteiger partial charge in [0.25, 0.3) is 0 Å². The lowest BCUT2D eigenvalue weighted by Crippen LogP contribution is -2.53. The first-order chi connectivity index (χ1) is 12.7. The minimum atomic E-state index is 0.0345. The van der Waals surface area contributed by atoms with E-state index in [4.69, 9.17) is 9.47 Å². The van der Waals surface area contributed by atoms with Crippen LogP contribution in [-0.2, 0) is 16.5 Å². The predicted molar refractivity (Wildman–Crippen MR) is 99.2 cm³/mol. The van der Waals surface area contributed by atoms with Crippen molar-refractivity contribution in [2.75, 3.05) is 53.0 Å². The smallest absolute Gasteiger partial charge is 0.193 e.